The lowest BCUT2D eigenvalue weighted by molar-refractivity contribution is 0.484. The van der Waals surface area contributed by atoms with Crippen molar-refractivity contribution in [2.24, 2.45) is 0 Å². The first-order valence-corrected chi connectivity index (χ1v) is 18.9. The maximum Gasteiger partial charge on any atom is 0.237 e. The van der Waals surface area contributed by atoms with Gasteiger partial charge in [0.15, 0.2) is 0 Å². The highest BCUT2D eigenvalue weighted by atomic mass is 16.5. The molecular weight excluding hydrogens is 737 g/mol. The van der Waals surface area contributed by atoms with E-state index < -0.39 is 0 Å². The first kappa shape index (κ1) is 32.7. The van der Waals surface area contributed by atoms with E-state index in [9.17, 15) is 0 Å². The first-order valence-electron chi connectivity index (χ1n) is 18.9. The monoisotopic (exact) mass is 764 g/mol. The van der Waals surface area contributed by atoms with Gasteiger partial charge in [0.1, 0.15) is 59.9 Å². The Kier molecular flexibility index (Phi) is 7.22. The van der Waals surface area contributed by atoms with Crippen LogP contribution in [0.1, 0.15) is 0 Å². The van der Waals surface area contributed by atoms with Crippen LogP contribution >= 0.6 is 0 Å². The molecule has 59 heavy (non-hydrogen) atoms. The van der Waals surface area contributed by atoms with Crippen LogP contribution < -0.4 is 9.47 Å². The van der Waals surface area contributed by atoms with Crippen LogP contribution in [-0.2, 0) is 0 Å². The van der Waals surface area contributed by atoms with Crippen molar-refractivity contribution in [1.82, 2.24) is 48.6 Å². The van der Waals surface area contributed by atoms with E-state index >= 15 is 0 Å². The van der Waals surface area contributed by atoms with Crippen LogP contribution in [-0.4, -0.2) is 48.6 Å². The van der Waals surface area contributed by atoms with E-state index in [2.05, 4.69) is 105 Å². The van der Waals surface area contributed by atoms with E-state index in [1.807, 2.05) is 77.4 Å². The number of aromatic nitrogens is 10. The number of fused-ring (bicyclic) bond motifs is 9. The summed E-state index contributed by atoms with van der Waals surface area (Å²) in [5.41, 5.74) is 5.79. The molecule has 12 rings (SSSR count). The lowest BCUT2D eigenvalue weighted by Crippen LogP contribution is -2.01. The summed E-state index contributed by atoms with van der Waals surface area (Å²) in [5.74, 6) is 4.71. The molecule has 0 bridgehead atoms. The summed E-state index contributed by atoms with van der Waals surface area (Å²) in [4.78, 5) is 30.6. The Morgan fingerprint density at radius 3 is 1.10 bits per heavy atom. The molecule has 0 spiro atoms. The molecule has 0 atom stereocenters. The zero-order chi connectivity index (χ0) is 38.9. The molecule has 0 aliphatic rings. The van der Waals surface area contributed by atoms with Gasteiger partial charge < -0.3 is 9.47 Å². The summed E-state index contributed by atoms with van der Waals surface area (Å²) < 4.78 is 19.5. The Hall–Kier alpha value is -8.51. The van der Waals surface area contributed by atoms with Crippen molar-refractivity contribution in [2.75, 3.05) is 0 Å². The third-order valence-corrected chi connectivity index (χ3v) is 10.7. The molecule has 0 saturated heterocycles. The quantitative estimate of drug-likeness (QED) is 0.156. The molecule has 0 radical (unpaired) electrons. The highest BCUT2D eigenvalue weighted by Gasteiger charge is 2.19. The van der Waals surface area contributed by atoms with Gasteiger partial charge in [-0.15, -0.1) is 0 Å². The Labute approximate surface area is 334 Å². The lowest BCUT2D eigenvalue weighted by atomic mass is 10.1. The molecule has 0 aliphatic heterocycles. The van der Waals surface area contributed by atoms with Crippen molar-refractivity contribution in [2.45, 2.75) is 0 Å². The second kappa shape index (κ2) is 13.0. The van der Waals surface area contributed by atoms with E-state index in [4.69, 9.17) is 9.47 Å². The number of para-hydroxylation sites is 2. The molecule has 0 saturated carbocycles. The zero-order valence-corrected chi connectivity index (χ0v) is 31.0. The molecule has 6 heterocycles. The van der Waals surface area contributed by atoms with Gasteiger partial charge in [0, 0.05) is 69.0 Å². The van der Waals surface area contributed by atoms with Crippen LogP contribution in [0.3, 0.4) is 0 Å². The number of ether oxygens (including phenoxy) is 2. The SMILES string of the molecule is c1ccc2c(c1)c1ccc(Oc3ccc4c5ccc(Oc6ccc7c8ccccc8n(-c8ccncn8)c7c6)cc5n(-c5ncncn5)c4c3)cc1n2-c1ccncn1. The molecule has 12 aromatic rings. The van der Waals surface area contributed by atoms with Gasteiger partial charge in [-0.1, -0.05) is 36.4 Å². The minimum Gasteiger partial charge on any atom is -0.457 e. The second-order valence-electron chi connectivity index (χ2n) is 14.0. The molecular formula is C47H28N10O2. The topological polar surface area (TPSA) is 123 Å². The van der Waals surface area contributed by atoms with Crippen molar-refractivity contribution in [3.05, 3.63) is 171 Å². The predicted octanol–water partition coefficient (Wildman–Crippen LogP) is 10.3. The number of rotatable bonds is 7. The number of nitrogens with zero attached hydrogens (tertiary/aromatic N) is 10. The van der Waals surface area contributed by atoms with Gasteiger partial charge in [0.25, 0.3) is 0 Å². The molecule has 0 unspecified atom stereocenters. The third kappa shape index (κ3) is 5.27. The number of benzene rings is 6. The fourth-order valence-electron chi connectivity index (χ4n) is 8.29. The average molecular weight is 765 g/mol. The lowest BCUT2D eigenvalue weighted by Gasteiger charge is -2.10. The maximum atomic E-state index is 6.62. The summed E-state index contributed by atoms with van der Waals surface area (Å²) in [6.45, 7) is 0. The van der Waals surface area contributed by atoms with Crippen molar-refractivity contribution < 1.29 is 9.47 Å². The second-order valence-corrected chi connectivity index (χ2v) is 14.0. The smallest absolute Gasteiger partial charge is 0.237 e. The van der Waals surface area contributed by atoms with Gasteiger partial charge in [0.2, 0.25) is 5.95 Å². The maximum absolute atomic E-state index is 6.62. The molecule has 6 aromatic heterocycles. The zero-order valence-electron chi connectivity index (χ0n) is 31.0. The van der Waals surface area contributed by atoms with Crippen molar-refractivity contribution in [1.29, 1.82) is 0 Å². The molecule has 0 amide bonds. The van der Waals surface area contributed by atoms with Gasteiger partial charge in [-0.3, -0.25) is 13.7 Å². The van der Waals surface area contributed by atoms with Crippen LogP contribution in [0.2, 0.25) is 0 Å². The summed E-state index contributed by atoms with van der Waals surface area (Å²) in [6.07, 6.45) is 9.63. The van der Waals surface area contributed by atoms with Crippen LogP contribution in [0.25, 0.3) is 83.0 Å². The summed E-state index contributed by atoms with van der Waals surface area (Å²) >= 11 is 0. The van der Waals surface area contributed by atoms with Crippen molar-refractivity contribution >= 4 is 65.4 Å². The summed E-state index contributed by atoms with van der Waals surface area (Å²) in [5, 5.41) is 6.48. The molecule has 278 valence electrons. The van der Waals surface area contributed by atoms with Crippen molar-refractivity contribution in [3.8, 4) is 40.6 Å². The molecule has 0 aliphatic carbocycles. The van der Waals surface area contributed by atoms with E-state index in [1.54, 1.807) is 25.0 Å². The van der Waals surface area contributed by atoms with E-state index in [1.165, 1.54) is 12.7 Å². The molecule has 0 fully saturated rings. The van der Waals surface area contributed by atoms with E-state index in [0.717, 1.165) is 77.1 Å². The standard InChI is InChI=1S/C47H28N10O2/c1-3-7-39-33(5-1)35-13-9-29(21-41(35)55(39)45-17-19-48-25-51-45)58-31-11-15-37-38-16-12-32(24-44(38)57(43(37)23-31)47-53-27-50-28-54-47)59-30-10-14-36-34-6-2-4-8-40(34)56(42(36)22-30)46-18-20-49-26-52-46/h1-28H. The predicted molar refractivity (Wildman–Crippen MR) is 227 cm³/mol. The Bertz CT molecular complexity index is 3350. The average Bonchev–Trinajstić information content (AvgIpc) is 3.92. The Morgan fingerprint density at radius 1 is 0.322 bits per heavy atom. The Morgan fingerprint density at radius 2 is 0.695 bits per heavy atom. The molecule has 6 aromatic carbocycles. The third-order valence-electron chi connectivity index (χ3n) is 10.7. The molecule has 0 N–H and O–H groups in total. The van der Waals surface area contributed by atoms with Gasteiger partial charge >= 0.3 is 0 Å². The van der Waals surface area contributed by atoms with Crippen molar-refractivity contribution in [3.63, 3.8) is 0 Å². The molecule has 12 heteroatoms. The number of hydrogen-bond donors (Lipinski definition) is 0. The normalized spacial score (nSPS) is 11.7. The summed E-state index contributed by atoms with van der Waals surface area (Å²) in [6, 6.07) is 44.9. The minimum atomic E-state index is 0.473. The fraction of sp³-hybridized carbons (Fsp3) is 0. The summed E-state index contributed by atoms with van der Waals surface area (Å²) in [7, 11) is 0. The Balaban J connectivity index is 0.955. The highest BCUT2D eigenvalue weighted by Crippen LogP contribution is 2.40. The fourth-order valence-corrected chi connectivity index (χ4v) is 8.29. The van der Waals surface area contributed by atoms with Crippen LogP contribution in [0.5, 0.6) is 23.0 Å². The van der Waals surface area contributed by atoms with Gasteiger partial charge in [-0.05, 0) is 72.8 Å². The van der Waals surface area contributed by atoms with Crippen LogP contribution in [0, 0.1) is 0 Å². The largest absolute Gasteiger partial charge is 0.457 e. The van der Waals surface area contributed by atoms with Gasteiger partial charge in [-0.2, -0.15) is 0 Å². The highest BCUT2D eigenvalue weighted by molar-refractivity contribution is 6.11. The van der Waals surface area contributed by atoms with Gasteiger partial charge in [-0.25, -0.2) is 34.9 Å². The van der Waals surface area contributed by atoms with E-state index in [0.29, 0.717) is 28.9 Å². The van der Waals surface area contributed by atoms with Gasteiger partial charge in [0.05, 0.1) is 33.1 Å². The van der Waals surface area contributed by atoms with E-state index in [-0.39, 0.29) is 0 Å². The van der Waals surface area contributed by atoms with Crippen LogP contribution in [0.4, 0.5) is 0 Å². The van der Waals surface area contributed by atoms with Crippen LogP contribution in [0.15, 0.2) is 171 Å². The number of hydrogen-bond acceptors (Lipinski definition) is 9. The molecule has 12 nitrogen and oxygen atoms in total. The minimum absolute atomic E-state index is 0.473. The first-order chi connectivity index (χ1) is 29.2.